The highest BCUT2D eigenvalue weighted by atomic mass is 16.5. The van der Waals surface area contributed by atoms with E-state index < -0.39 is 0 Å². The lowest BCUT2D eigenvalue weighted by Crippen LogP contribution is -2.30. The summed E-state index contributed by atoms with van der Waals surface area (Å²) in [5.41, 5.74) is 3.14. The number of hydrogen-bond donors (Lipinski definition) is 0. The number of methoxy groups -OCH3 is 2. The van der Waals surface area contributed by atoms with Crippen molar-refractivity contribution in [2.75, 3.05) is 20.8 Å². The van der Waals surface area contributed by atoms with Gasteiger partial charge in [0.25, 0.3) is 5.91 Å². The number of fused-ring (bicyclic) bond motifs is 1. The van der Waals surface area contributed by atoms with Crippen LogP contribution in [0.5, 0.6) is 11.5 Å². The molecule has 1 amide bonds. The van der Waals surface area contributed by atoms with Crippen LogP contribution in [0, 0.1) is 0 Å². The Kier molecular flexibility index (Phi) is 4.62. The summed E-state index contributed by atoms with van der Waals surface area (Å²) in [4.78, 5) is 23.7. The lowest BCUT2D eigenvalue weighted by atomic mass is 10.0. The monoisotopic (exact) mass is 363 g/mol. The van der Waals surface area contributed by atoms with Gasteiger partial charge in [-0.2, -0.15) is 0 Å². The van der Waals surface area contributed by atoms with Gasteiger partial charge in [-0.1, -0.05) is 0 Å². The first-order valence-electron chi connectivity index (χ1n) is 8.95. The maximum Gasteiger partial charge on any atom is 0.254 e. The molecule has 1 saturated heterocycles. The van der Waals surface area contributed by atoms with E-state index in [0.29, 0.717) is 5.56 Å². The average Bonchev–Trinajstić information content (AvgIpc) is 3.21. The summed E-state index contributed by atoms with van der Waals surface area (Å²) in [7, 11) is 3.27. The van der Waals surface area contributed by atoms with E-state index >= 15 is 0 Å². The fourth-order valence-electron chi connectivity index (χ4n) is 3.69. The molecule has 138 valence electrons. The fraction of sp³-hybridized carbons (Fsp3) is 0.286. The molecule has 4 rings (SSSR count). The van der Waals surface area contributed by atoms with Gasteiger partial charge in [-0.25, -0.2) is 0 Å². The van der Waals surface area contributed by atoms with Gasteiger partial charge in [0, 0.05) is 36.1 Å². The van der Waals surface area contributed by atoms with Crippen molar-refractivity contribution >= 4 is 16.9 Å². The van der Waals surface area contributed by atoms with Crippen LogP contribution < -0.4 is 9.47 Å². The van der Waals surface area contributed by atoms with Gasteiger partial charge in [-0.15, -0.1) is 0 Å². The first kappa shape index (κ1) is 17.3. The third kappa shape index (κ3) is 3.18. The molecule has 1 unspecified atom stereocenters. The highest BCUT2D eigenvalue weighted by molar-refractivity contribution is 5.97. The van der Waals surface area contributed by atoms with Gasteiger partial charge in [0.15, 0.2) is 0 Å². The highest BCUT2D eigenvalue weighted by Crippen LogP contribution is 2.39. The minimum Gasteiger partial charge on any atom is -0.497 e. The van der Waals surface area contributed by atoms with E-state index in [4.69, 9.17) is 9.47 Å². The minimum absolute atomic E-state index is 0.00271. The van der Waals surface area contributed by atoms with Crippen LogP contribution in [0.3, 0.4) is 0 Å². The third-order valence-corrected chi connectivity index (χ3v) is 5.03. The van der Waals surface area contributed by atoms with E-state index in [2.05, 4.69) is 9.97 Å². The molecule has 0 radical (unpaired) electrons. The zero-order valence-electron chi connectivity index (χ0n) is 15.4. The van der Waals surface area contributed by atoms with Crippen LogP contribution in [0.25, 0.3) is 11.0 Å². The van der Waals surface area contributed by atoms with Gasteiger partial charge in [-0.3, -0.25) is 14.8 Å². The van der Waals surface area contributed by atoms with Crippen LogP contribution in [0.4, 0.5) is 0 Å². The maximum atomic E-state index is 13.2. The summed E-state index contributed by atoms with van der Waals surface area (Å²) in [6, 6.07) is 11.2. The number of nitrogens with zero attached hydrogens (tertiary/aromatic N) is 3. The van der Waals surface area contributed by atoms with E-state index in [0.717, 1.165) is 47.5 Å². The Hall–Kier alpha value is -3.15. The number of hydrogen-bond acceptors (Lipinski definition) is 5. The van der Waals surface area contributed by atoms with Crippen molar-refractivity contribution in [3.05, 3.63) is 59.9 Å². The molecular formula is C21H21N3O3. The summed E-state index contributed by atoms with van der Waals surface area (Å²) in [6.07, 6.45) is 5.15. The fourth-order valence-corrected chi connectivity index (χ4v) is 3.69. The van der Waals surface area contributed by atoms with Crippen LogP contribution in [0.2, 0.25) is 0 Å². The zero-order valence-corrected chi connectivity index (χ0v) is 15.4. The van der Waals surface area contributed by atoms with Crippen molar-refractivity contribution < 1.29 is 14.3 Å². The van der Waals surface area contributed by atoms with Crippen molar-refractivity contribution in [2.45, 2.75) is 18.9 Å². The smallest absolute Gasteiger partial charge is 0.254 e. The molecular weight excluding hydrogens is 342 g/mol. The second kappa shape index (κ2) is 7.23. The Bertz CT molecular complexity index is 989. The standard InChI is InChI=1S/C21H21N3O3/c1-26-15-6-7-16(20(13-15)27-2)19-4-3-11-24(19)21(25)14-5-8-17-18(12-14)23-10-9-22-17/h5-10,12-13,19H,3-4,11H2,1-2H3. The van der Waals surface area contributed by atoms with Gasteiger partial charge in [-0.05, 0) is 43.2 Å². The molecule has 0 spiro atoms. The highest BCUT2D eigenvalue weighted by Gasteiger charge is 2.32. The molecule has 6 nitrogen and oxygen atoms in total. The van der Waals surface area contributed by atoms with Crippen molar-refractivity contribution in [1.29, 1.82) is 0 Å². The molecule has 0 N–H and O–H groups in total. The average molecular weight is 363 g/mol. The van der Waals surface area contributed by atoms with E-state index in [-0.39, 0.29) is 11.9 Å². The molecule has 2 aromatic carbocycles. The number of carbonyl (C=O) groups excluding carboxylic acids is 1. The maximum absolute atomic E-state index is 13.2. The summed E-state index contributed by atoms with van der Waals surface area (Å²) in [5, 5.41) is 0. The van der Waals surface area contributed by atoms with E-state index in [1.54, 1.807) is 26.6 Å². The van der Waals surface area contributed by atoms with Crippen LogP contribution in [0.15, 0.2) is 48.8 Å². The van der Waals surface area contributed by atoms with Crippen molar-refractivity contribution in [2.24, 2.45) is 0 Å². The molecule has 1 aromatic heterocycles. The van der Waals surface area contributed by atoms with Gasteiger partial charge in [0.1, 0.15) is 11.5 Å². The first-order valence-corrected chi connectivity index (χ1v) is 8.95. The lowest BCUT2D eigenvalue weighted by Gasteiger charge is -2.26. The predicted molar refractivity (Wildman–Crippen MR) is 102 cm³/mol. The minimum atomic E-state index is -0.0177. The second-order valence-electron chi connectivity index (χ2n) is 6.52. The molecule has 6 heteroatoms. The number of aromatic nitrogens is 2. The topological polar surface area (TPSA) is 64.5 Å². The summed E-state index contributed by atoms with van der Waals surface area (Å²) >= 11 is 0. The number of ether oxygens (including phenoxy) is 2. The van der Waals surface area contributed by atoms with Crippen LogP contribution >= 0.6 is 0 Å². The van der Waals surface area contributed by atoms with Gasteiger partial charge in [0.2, 0.25) is 0 Å². The van der Waals surface area contributed by atoms with E-state index in [1.807, 2.05) is 41.3 Å². The lowest BCUT2D eigenvalue weighted by molar-refractivity contribution is 0.0734. The molecule has 1 fully saturated rings. The molecule has 0 aliphatic carbocycles. The molecule has 0 bridgehead atoms. The SMILES string of the molecule is COc1ccc(C2CCCN2C(=O)c2ccc3nccnc3c2)c(OC)c1. The van der Waals surface area contributed by atoms with E-state index in [9.17, 15) is 4.79 Å². The molecule has 0 saturated carbocycles. The normalized spacial score (nSPS) is 16.5. The second-order valence-corrected chi connectivity index (χ2v) is 6.52. The number of likely N-dealkylation sites (tertiary alicyclic amines) is 1. The number of benzene rings is 2. The summed E-state index contributed by atoms with van der Waals surface area (Å²) < 4.78 is 10.8. The van der Waals surface area contributed by atoms with Gasteiger partial charge in [0.05, 0.1) is 31.3 Å². The quantitative estimate of drug-likeness (QED) is 0.708. The first-order chi connectivity index (χ1) is 13.2. The molecule has 3 aromatic rings. The Balaban J connectivity index is 1.67. The Morgan fingerprint density at radius 3 is 2.63 bits per heavy atom. The van der Waals surface area contributed by atoms with Gasteiger partial charge >= 0.3 is 0 Å². The van der Waals surface area contributed by atoms with Crippen LogP contribution in [0.1, 0.15) is 34.8 Å². The van der Waals surface area contributed by atoms with Crippen molar-refractivity contribution in [3.63, 3.8) is 0 Å². The summed E-state index contributed by atoms with van der Waals surface area (Å²) in [5.74, 6) is 1.48. The molecule has 1 atom stereocenters. The molecule has 27 heavy (non-hydrogen) atoms. The molecule has 1 aliphatic rings. The summed E-state index contributed by atoms with van der Waals surface area (Å²) in [6.45, 7) is 0.719. The number of carbonyl (C=O) groups is 1. The van der Waals surface area contributed by atoms with Crippen molar-refractivity contribution in [3.8, 4) is 11.5 Å². The Morgan fingerprint density at radius 2 is 1.85 bits per heavy atom. The third-order valence-electron chi connectivity index (χ3n) is 5.03. The molecule has 1 aliphatic heterocycles. The molecule has 2 heterocycles. The van der Waals surface area contributed by atoms with Crippen LogP contribution in [-0.4, -0.2) is 41.5 Å². The van der Waals surface area contributed by atoms with E-state index in [1.165, 1.54) is 0 Å². The largest absolute Gasteiger partial charge is 0.497 e. The predicted octanol–water partition coefficient (Wildman–Crippen LogP) is 3.62. The number of amides is 1. The van der Waals surface area contributed by atoms with Crippen molar-refractivity contribution in [1.82, 2.24) is 14.9 Å². The number of rotatable bonds is 4. The van der Waals surface area contributed by atoms with Crippen LogP contribution in [-0.2, 0) is 0 Å². The Labute approximate surface area is 157 Å². The Morgan fingerprint density at radius 1 is 1.04 bits per heavy atom. The zero-order chi connectivity index (χ0) is 18.8. The van der Waals surface area contributed by atoms with Gasteiger partial charge < -0.3 is 14.4 Å².